The third-order valence-electron chi connectivity index (χ3n) is 4.67. The molecule has 1 aliphatic heterocycles. The van der Waals surface area contributed by atoms with Gasteiger partial charge in [-0.25, -0.2) is 4.98 Å². The molecule has 1 aromatic carbocycles. The van der Waals surface area contributed by atoms with E-state index < -0.39 is 17.6 Å². The van der Waals surface area contributed by atoms with Crippen LogP contribution in [0.5, 0.6) is 5.75 Å². The molecule has 2 N–H and O–H groups in total. The molecule has 2 aromatic rings. The van der Waals surface area contributed by atoms with Gasteiger partial charge in [-0.1, -0.05) is 12.1 Å². The standard InChI is InChI=1S/C20H21F3N4O3/c21-20(22,23)14-6-7-18(25-12-14)26-8-3-9-27(11-10-26)19(29)15-4-1-2-5-16(15)30-13-17(24)28/h1-2,4-7,12H,3,8-11,13H2,(H2,24,28). The Morgan fingerprint density at radius 2 is 1.83 bits per heavy atom. The summed E-state index contributed by atoms with van der Waals surface area (Å²) in [6.07, 6.45) is -2.99. The summed E-state index contributed by atoms with van der Waals surface area (Å²) in [5.74, 6) is -0.196. The van der Waals surface area contributed by atoms with Crippen molar-refractivity contribution in [1.29, 1.82) is 0 Å². The lowest BCUT2D eigenvalue weighted by Gasteiger charge is -2.23. The fourth-order valence-electron chi connectivity index (χ4n) is 3.18. The molecule has 2 amide bonds. The Bertz CT molecular complexity index is 903. The summed E-state index contributed by atoms with van der Waals surface area (Å²) < 4.78 is 43.5. The summed E-state index contributed by atoms with van der Waals surface area (Å²) in [5, 5.41) is 0. The summed E-state index contributed by atoms with van der Waals surface area (Å²) in [6, 6.07) is 8.93. The van der Waals surface area contributed by atoms with Crippen LogP contribution in [0.4, 0.5) is 19.0 Å². The molecule has 2 heterocycles. The van der Waals surface area contributed by atoms with Crippen LogP contribution >= 0.6 is 0 Å². The quantitative estimate of drug-likeness (QED) is 0.799. The fraction of sp³-hybridized carbons (Fsp3) is 0.350. The summed E-state index contributed by atoms with van der Waals surface area (Å²) >= 11 is 0. The molecule has 1 aromatic heterocycles. The highest BCUT2D eigenvalue weighted by Gasteiger charge is 2.31. The van der Waals surface area contributed by atoms with Crippen LogP contribution in [0.1, 0.15) is 22.3 Å². The van der Waals surface area contributed by atoms with E-state index in [1.165, 1.54) is 6.07 Å². The highest BCUT2D eigenvalue weighted by Crippen LogP contribution is 2.29. The van der Waals surface area contributed by atoms with Gasteiger partial charge in [-0.05, 0) is 30.7 Å². The summed E-state index contributed by atoms with van der Waals surface area (Å²) in [5.41, 5.74) is 4.62. The number of anilines is 1. The molecule has 0 radical (unpaired) electrons. The second-order valence-electron chi connectivity index (χ2n) is 6.79. The van der Waals surface area contributed by atoms with Crippen LogP contribution in [0.2, 0.25) is 0 Å². The molecule has 0 unspecified atom stereocenters. The van der Waals surface area contributed by atoms with E-state index in [0.717, 1.165) is 12.3 Å². The van der Waals surface area contributed by atoms with E-state index in [9.17, 15) is 22.8 Å². The molecule has 1 saturated heterocycles. The summed E-state index contributed by atoms with van der Waals surface area (Å²) in [7, 11) is 0. The first-order chi connectivity index (χ1) is 14.3. The van der Waals surface area contributed by atoms with Crippen LogP contribution in [0.25, 0.3) is 0 Å². The number of nitrogens with zero attached hydrogens (tertiary/aromatic N) is 3. The molecule has 0 spiro atoms. The van der Waals surface area contributed by atoms with Gasteiger partial charge in [0.25, 0.3) is 11.8 Å². The fourth-order valence-corrected chi connectivity index (χ4v) is 3.18. The molecule has 0 saturated carbocycles. The van der Waals surface area contributed by atoms with Crippen molar-refractivity contribution in [2.24, 2.45) is 5.73 Å². The van der Waals surface area contributed by atoms with Crippen LogP contribution in [0, 0.1) is 0 Å². The Morgan fingerprint density at radius 1 is 1.07 bits per heavy atom. The summed E-state index contributed by atoms with van der Waals surface area (Å²) in [6.45, 7) is 1.49. The van der Waals surface area contributed by atoms with E-state index in [2.05, 4.69) is 4.98 Å². The van der Waals surface area contributed by atoms with Crippen molar-refractivity contribution in [3.05, 3.63) is 53.7 Å². The monoisotopic (exact) mass is 422 g/mol. The second kappa shape index (κ2) is 9.02. The minimum absolute atomic E-state index is 0.253. The lowest BCUT2D eigenvalue weighted by Crippen LogP contribution is -2.35. The second-order valence-corrected chi connectivity index (χ2v) is 6.79. The molecular weight excluding hydrogens is 401 g/mol. The average Bonchev–Trinajstić information content (AvgIpc) is 2.98. The number of amides is 2. The van der Waals surface area contributed by atoms with E-state index in [0.29, 0.717) is 44.0 Å². The van der Waals surface area contributed by atoms with Crippen molar-refractivity contribution in [3.8, 4) is 5.75 Å². The zero-order chi connectivity index (χ0) is 21.7. The predicted molar refractivity (Wildman–Crippen MR) is 103 cm³/mol. The number of hydrogen-bond donors (Lipinski definition) is 1. The number of primary amides is 1. The number of halogens is 3. The number of hydrogen-bond acceptors (Lipinski definition) is 5. The molecule has 10 heteroatoms. The molecule has 1 aliphatic rings. The van der Waals surface area contributed by atoms with Gasteiger partial charge in [-0.15, -0.1) is 0 Å². The van der Waals surface area contributed by atoms with E-state index in [1.54, 1.807) is 29.2 Å². The Balaban J connectivity index is 1.68. The van der Waals surface area contributed by atoms with E-state index in [1.807, 2.05) is 4.90 Å². The van der Waals surface area contributed by atoms with Crippen molar-refractivity contribution in [2.75, 3.05) is 37.7 Å². The molecular formula is C20H21F3N4O3. The number of rotatable bonds is 5. The van der Waals surface area contributed by atoms with E-state index in [-0.39, 0.29) is 18.3 Å². The van der Waals surface area contributed by atoms with Gasteiger partial charge in [-0.2, -0.15) is 13.2 Å². The van der Waals surface area contributed by atoms with Gasteiger partial charge < -0.3 is 20.3 Å². The molecule has 3 rings (SSSR count). The van der Waals surface area contributed by atoms with Crippen LogP contribution in [-0.4, -0.2) is 54.5 Å². The maximum Gasteiger partial charge on any atom is 0.417 e. The molecule has 7 nitrogen and oxygen atoms in total. The van der Waals surface area contributed by atoms with Gasteiger partial charge in [0.1, 0.15) is 11.6 Å². The van der Waals surface area contributed by atoms with E-state index >= 15 is 0 Å². The largest absolute Gasteiger partial charge is 0.483 e. The Morgan fingerprint density at radius 3 is 2.50 bits per heavy atom. The predicted octanol–water partition coefficient (Wildman–Crippen LogP) is 2.32. The Kier molecular flexibility index (Phi) is 6.43. The van der Waals surface area contributed by atoms with Gasteiger partial charge in [0.05, 0.1) is 11.1 Å². The maximum atomic E-state index is 13.0. The Hall–Kier alpha value is -3.30. The van der Waals surface area contributed by atoms with Crippen LogP contribution in [-0.2, 0) is 11.0 Å². The third kappa shape index (κ3) is 5.19. The lowest BCUT2D eigenvalue weighted by molar-refractivity contribution is -0.137. The first-order valence-corrected chi connectivity index (χ1v) is 9.33. The lowest BCUT2D eigenvalue weighted by atomic mass is 10.1. The van der Waals surface area contributed by atoms with Crippen LogP contribution in [0.3, 0.4) is 0 Å². The van der Waals surface area contributed by atoms with E-state index in [4.69, 9.17) is 10.5 Å². The molecule has 0 aliphatic carbocycles. The van der Waals surface area contributed by atoms with Crippen LogP contribution < -0.4 is 15.4 Å². The molecule has 0 atom stereocenters. The van der Waals surface area contributed by atoms with Crippen molar-refractivity contribution in [1.82, 2.24) is 9.88 Å². The number of nitrogens with two attached hydrogens (primary N) is 1. The topological polar surface area (TPSA) is 88.8 Å². The third-order valence-corrected chi connectivity index (χ3v) is 4.67. The minimum atomic E-state index is -4.43. The first kappa shape index (κ1) is 21.4. The average molecular weight is 422 g/mol. The minimum Gasteiger partial charge on any atom is -0.483 e. The molecule has 0 bridgehead atoms. The number of benzene rings is 1. The number of para-hydroxylation sites is 1. The normalized spacial score (nSPS) is 14.9. The highest BCUT2D eigenvalue weighted by atomic mass is 19.4. The first-order valence-electron chi connectivity index (χ1n) is 9.33. The zero-order valence-electron chi connectivity index (χ0n) is 16.1. The van der Waals surface area contributed by atoms with Crippen molar-refractivity contribution < 1.29 is 27.5 Å². The van der Waals surface area contributed by atoms with Gasteiger partial charge in [0.2, 0.25) is 0 Å². The number of carbonyl (C=O) groups is 2. The Labute approximate surface area is 171 Å². The van der Waals surface area contributed by atoms with Crippen molar-refractivity contribution in [3.63, 3.8) is 0 Å². The molecule has 160 valence electrons. The van der Waals surface area contributed by atoms with Gasteiger partial charge in [0.15, 0.2) is 6.61 Å². The number of ether oxygens (including phenoxy) is 1. The smallest absolute Gasteiger partial charge is 0.417 e. The molecule has 30 heavy (non-hydrogen) atoms. The number of aromatic nitrogens is 1. The highest BCUT2D eigenvalue weighted by molar-refractivity contribution is 5.97. The zero-order valence-corrected chi connectivity index (χ0v) is 16.1. The number of alkyl halides is 3. The van der Waals surface area contributed by atoms with Crippen molar-refractivity contribution in [2.45, 2.75) is 12.6 Å². The van der Waals surface area contributed by atoms with Crippen molar-refractivity contribution >= 4 is 17.6 Å². The van der Waals surface area contributed by atoms with Gasteiger partial charge >= 0.3 is 6.18 Å². The number of pyridine rings is 1. The SMILES string of the molecule is NC(=O)COc1ccccc1C(=O)N1CCCN(c2ccc(C(F)(F)F)cn2)CC1. The summed E-state index contributed by atoms with van der Waals surface area (Å²) in [4.78, 5) is 31.4. The van der Waals surface area contributed by atoms with Gasteiger partial charge in [0, 0.05) is 32.4 Å². The molecule has 1 fully saturated rings. The van der Waals surface area contributed by atoms with Gasteiger partial charge in [-0.3, -0.25) is 9.59 Å². The number of carbonyl (C=O) groups excluding carboxylic acids is 2. The van der Waals surface area contributed by atoms with Crippen LogP contribution in [0.15, 0.2) is 42.6 Å². The maximum absolute atomic E-state index is 13.0.